The van der Waals surface area contributed by atoms with Crippen LogP contribution < -0.4 is 0 Å². The van der Waals surface area contributed by atoms with Gasteiger partial charge in [0.05, 0.1) is 30.2 Å². The summed E-state index contributed by atoms with van der Waals surface area (Å²) < 4.78 is 9.25. The minimum Gasteiger partial charge on any atom is -0.455 e. The van der Waals surface area contributed by atoms with Crippen LogP contribution in [0.2, 0.25) is 0 Å². The predicted octanol–water partition coefficient (Wildman–Crippen LogP) is 1.43. The van der Waals surface area contributed by atoms with Gasteiger partial charge in [0, 0.05) is 12.4 Å². The van der Waals surface area contributed by atoms with Crippen molar-refractivity contribution in [1.29, 1.82) is 0 Å². The molecule has 7 nitrogen and oxygen atoms in total. The lowest BCUT2D eigenvalue weighted by molar-refractivity contribution is 0.248. The monoisotopic (exact) mass is 302 g/mol. The Morgan fingerprint density at radius 3 is 2.73 bits per heavy atom. The normalized spacial score (nSPS) is 11.3. The van der Waals surface area contributed by atoms with Crippen LogP contribution in [-0.2, 0) is 13.2 Å². The van der Waals surface area contributed by atoms with Crippen molar-refractivity contribution in [2.24, 2.45) is 0 Å². The van der Waals surface area contributed by atoms with E-state index < -0.39 is 0 Å². The van der Waals surface area contributed by atoms with Gasteiger partial charge in [0.15, 0.2) is 11.6 Å². The Labute approximate surface area is 127 Å². The molecule has 0 saturated carbocycles. The van der Waals surface area contributed by atoms with Crippen molar-refractivity contribution in [3.05, 3.63) is 41.7 Å². The van der Waals surface area contributed by atoms with Crippen molar-refractivity contribution < 1.29 is 14.6 Å². The molecule has 22 heavy (non-hydrogen) atoms. The Morgan fingerprint density at radius 1 is 1.23 bits per heavy atom. The second kappa shape index (κ2) is 5.78. The molecule has 3 rings (SSSR count). The van der Waals surface area contributed by atoms with Gasteiger partial charge in [-0.15, -0.1) is 0 Å². The summed E-state index contributed by atoms with van der Waals surface area (Å²) in [6.07, 6.45) is 3.54. The Bertz CT molecular complexity index is 785. The van der Waals surface area contributed by atoms with E-state index in [1.807, 2.05) is 24.6 Å². The zero-order valence-electron chi connectivity index (χ0n) is 12.5. The first kappa shape index (κ1) is 14.6. The highest BCUT2D eigenvalue weighted by molar-refractivity contribution is 5.55. The van der Waals surface area contributed by atoms with Crippen LogP contribution in [0.25, 0.3) is 17.3 Å². The molecule has 0 aliphatic carbocycles. The number of imidazole rings is 1. The van der Waals surface area contributed by atoms with Crippen molar-refractivity contribution in [3.63, 3.8) is 0 Å². The van der Waals surface area contributed by atoms with E-state index in [0.717, 1.165) is 17.1 Å². The lowest BCUT2D eigenvalue weighted by Crippen LogP contribution is -2.06. The summed E-state index contributed by atoms with van der Waals surface area (Å²) in [6.45, 7) is 4.22. The van der Waals surface area contributed by atoms with Gasteiger partial charge in [-0.2, -0.15) is 5.10 Å². The molecule has 0 saturated heterocycles. The lowest BCUT2D eigenvalue weighted by atomic mass is 10.3. The van der Waals surface area contributed by atoms with E-state index in [-0.39, 0.29) is 13.2 Å². The van der Waals surface area contributed by atoms with E-state index in [9.17, 15) is 0 Å². The van der Waals surface area contributed by atoms with Gasteiger partial charge >= 0.3 is 0 Å². The van der Waals surface area contributed by atoms with E-state index in [2.05, 4.69) is 10.1 Å². The van der Waals surface area contributed by atoms with Crippen LogP contribution in [0.15, 0.2) is 28.9 Å². The van der Waals surface area contributed by atoms with Crippen molar-refractivity contribution >= 4 is 0 Å². The first-order valence-corrected chi connectivity index (χ1v) is 7.04. The molecular formula is C15H18N4O3. The molecule has 116 valence electrons. The fraction of sp³-hybridized carbons (Fsp3) is 0.333. The van der Waals surface area contributed by atoms with Gasteiger partial charge in [0.2, 0.25) is 0 Å². The van der Waals surface area contributed by atoms with Crippen molar-refractivity contribution in [2.45, 2.75) is 27.0 Å². The fourth-order valence-corrected chi connectivity index (χ4v) is 2.60. The molecule has 3 aromatic rings. The standard InChI is InChI=1S/C15H18N4O3/c1-10-14(11(2)19(17-10)7-8-20)18-6-5-16-15(18)13-4-3-12(9-21)22-13/h3-6,20-21H,7-9H2,1-2H3. The third-order valence-corrected chi connectivity index (χ3v) is 3.57. The molecule has 0 fully saturated rings. The van der Waals surface area contributed by atoms with E-state index in [4.69, 9.17) is 14.6 Å². The van der Waals surface area contributed by atoms with Gasteiger partial charge in [-0.25, -0.2) is 4.98 Å². The van der Waals surface area contributed by atoms with E-state index in [0.29, 0.717) is 23.9 Å². The van der Waals surface area contributed by atoms with Crippen LogP contribution in [0.5, 0.6) is 0 Å². The molecule has 0 bridgehead atoms. The molecule has 0 aliphatic rings. The Hall–Kier alpha value is -2.38. The van der Waals surface area contributed by atoms with Crippen LogP contribution in [0.3, 0.4) is 0 Å². The van der Waals surface area contributed by atoms with Crippen LogP contribution in [0.4, 0.5) is 0 Å². The Kier molecular flexibility index (Phi) is 3.82. The van der Waals surface area contributed by atoms with Crippen LogP contribution in [0, 0.1) is 13.8 Å². The molecule has 0 spiro atoms. The topological polar surface area (TPSA) is 89.2 Å². The summed E-state index contributed by atoms with van der Waals surface area (Å²) in [5.41, 5.74) is 2.71. The Balaban J connectivity index is 2.09. The first-order valence-electron chi connectivity index (χ1n) is 7.04. The molecule has 0 atom stereocenters. The van der Waals surface area contributed by atoms with Crippen LogP contribution >= 0.6 is 0 Å². The lowest BCUT2D eigenvalue weighted by Gasteiger charge is -2.07. The number of aryl methyl sites for hydroxylation is 1. The molecule has 0 unspecified atom stereocenters. The third kappa shape index (κ3) is 2.34. The molecule has 7 heteroatoms. The van der Waals surface area contributed by atoms with Gasteiger partial charge in [-0.05, 0) is 26.0 Å². The number of rotatable bonds is 5. The van der Waals surface area contributed by atoms with Crippen molar-refractivity contribution in [1.82, 2.24) is 19.3 Å². The van der Waals surface area contributed by atoms with E-state index in [1.54, 1.807) is 23.0 Å². The summed E-state index contributed by atoms with van der Waals surface area (Å²) in [5, 5.41) is 22.7. The van der Waals surface area contributed by atoms with Gasteiger partial charge in [-0.1, -0.05) is 0 Å². The summed E-state index contributed by atoms with van der Waals surface area (Å²) in [7, 11) is 0. The van der Waals surface area contributed by atoms with Gasteiger partial charge in [0.25, 0.3) is 0 Å². The average molecular weight is 302 g/mol. The molecule has 0 aliphatic heterocycles. The molecule has 2 N–H and O–H groups in total. The average Bonchev–Trinajstić information content (AvgIpc) is 3.19. The number of aromatic nitrogens is 4. The quantitative estimate of drug-likeness (QED) is 0.744. The van der Waals surface area contributed by atoms with Crippen LogP contribution in [-0.4, -0.2) is 36.2 Å². The summed E-state index contributed by atoms with van der Waals surface area (Å²) in [5.74, 6) is 1.73. The SMILES string of the molecule is Cc1nn(CCO)c(C)c1-n1ccnc1-c1ccc(CO)o1. The fourth-order valence-electron chi connectivity index (χ4n) is 2.60. The maximum atomic E-state index is 9.13. The number of furan rings is 1. The molecular weight excluding hydrogens is 284 g/mol. The summed E-state index contributed by atoms with van der Waals surface area (Å²) >= 11 is 0. The summed E-state index contributed by atoms with van der Waals surface area (Å²) in [6, 6.07) is 3.51. The van der Waals surface area contributed by atoms with E-state index in [1.165, 1.54) is 0 Å². The minimum absolute atomic E-state index is 0.0379. The van der Waals surface area contributed by atoms with Crippen molar-refractivity contribution in [2.75, 3.05) is 6.61 Å². The number of hydrogen-bond acceptors (Lipinski definition) is 5. The van der Waals surface area contributed by atoms with Gasteiger partial charge < -0.3 is 14.6 Å². The van der Waals surface area contributed by atoms with Crippen LogP contribution in [0.1, 0.15) is 17.1 Å². The van der Waals surface area contributed by atoms with Crippen molar-refractivity contribution in [3.8, 4) is 17.3 Å². The highest BCUT2D eigenvalue weighted by Gasteiger charge is 2.18. The molecule has 0 aromatic carbocycles. The zero-order valence-corrected chi connectivity index (χ0v) is 12.5. The first-order chi connectivity index (χ1) is 10.7. The third-order valence-electron chi connectivity index (χ3n) is 3.57. The second-order valence-corrected chi connectivity index (χ2v) is 5.01. The van der Waals surface area contributed by atoms with Gasteiger partial charge in [0.1, 0.15) is 12.4 Å². The number of aliphatic hydroxyl groups is 2. The summed E-state index contributed by atoms with van der Waals surface area (Å²) in [4.78, 5) is 4.35. The Morgan fingerprint density at radius 2 is 2.05 bits per heavy atom. The number of hydrogen-bond donors (Lipinski definition) is 2. The molecule has 3 heterocycles. The maximum absolute atomic E-state index is 9.13. The highest BCUT2D eigenvalue weighted by Crippen LogP contribution is 2.27. The minimum atomic E-state index is -0.146. The number of nitrogens with zero attached hydrogens (tertiary/aromatic N) is 4. The second-order valence-electron chi connectivity index (χ2n) is 5.01. The zero-order chi connectivity index (χ0) is 15.7. The number of aliphatic hydroxyl groups excluding tert-OH is 2. The van der Waals surface area contributed by atoms with Gasteiger partial charge in [-0.3, -0.25) is 9.25 Å². The predicted molar refractivity (Wildman–Crippen MR) is 79.5 cm³/mol. The van der Waals surface area contributed by atoms with E-state index >= 15 is 0 Å². The molecule has 0 radical (unpaired) electrons. The smallest absolute Gasteiger partial charge is 0.180 e. The maximum Gasteiger partial charge on any atom is 0.180 e. The highest BCUT2D eigenvalue weighted by atomic mass is 16.4. The molecule has 3 aromatic heterocycles. The molecule has 0 amide bonds. The largest absolute Gasteiger partial charge is 0.455 e.